The Balaban J connectivity index is 2.00. The van der Waals surface area contributed by atoms with Crippen molar-refractivity contribution in [1.82, 2.24) is 10.3 Å². The molecule has 0 bridgehead atoms. The van der Waals surface area contributed by atoms with Gasteiger partial charge in [0, 0.05) is 29.9 Å². The van der Waals surface area contributed by atoms with E-state index in [1.165, 1.54) is 0 Å². The standard InChI is InChI=1S/C15H15N3O2S/c1-20-13-6-5-10(8-17-13)9-18-15(19)12-4-2-3-11(7-12)14(16)21/h2-8H,9H2,1H3,(H2,16,21)(H,18,19). The van der Waals surface area contributed by atoms with Gasteiger partial charge >= 0.3 is 0 Å². The summed E-state index contributed by atoms with van der Waals surface area (Å²) in [5.41, 5.74) is 7.62. The van der Waals surface area contributed by atoms with E-state index in [4.69, 9.17) is 22.7 Å². The lowest BCUT2D eigenvalue weighted by Crippen LogP contribution is -2.23. The molecule has 0 aliphatic carbocycles. The highest BCUT2D eigenvalue weighted by Crippen LogP contribution is 2.08. The number of methoxy groups -OCH3 is 1. The minimum absolute atomic E-state index is 0.191. The van der Waals surface area contributed by atoms with Crippen LogP contribution < -0.4 is 15.8 Å². The first-order chi connectivity index (χ1) is 10.1. The van der Waals surface area contributed by atoms with Crippen molar-refractivity contribution in [3.63, 3.8) is 0 Å². The van der Waals surface area contributed by atoms with Crippen molar-refractivity contribution in [3.05, 3.63) is 59.3 Å². The van der Waals surface area contributed by atoms with E-state index in [-0.39, 0.29) is 10.9 Å². The Morgan fingerprint density at radius 2 is 2.10 bits per heavy atom. The number of benzene rings is 1. The number of carbonyl (C=O) groups excluding carboxylic acids is 1. The lowest BCUT2D eigenvalue weighted by atomic mass is 10.1. The van der Waals surface area contributed by atoms with Crippen LogP contribution in [-0.2, 0) is 6.54 Å². The zero-order valence-corrected chi connectivity index (χ0v) is 12.3. The molecule has 0 unspecified atom stereocenters. The van der Waals surface area contributed by atoms with Gasteiger partial charge in [-0.2, -0.15) is 0 Å². The first-order valence-electron chi connectivity index (χ1n) is 6.27. The van der Waals surface area contributed by atoms with Gasteiger partial charge in [-0.15, -0.1) is 0 Å². The lowest BCUT2D eigenvalue weighted by Gasteiger charge is -2.07. The van der Waals surface area contributed by atoms with Crippen LogP contribution in [0.1, 0.15) is 21.5 Å². The molecule has 21 heavy (non-hydrogen) atoms. The minimum Gasteiger partial charge on any atom is -0.481 e. The molecule has 5 nitrogen and oxygen atoms in total. The summed E-state index contributed by atoms with van der Waals surface area (Å²) in [5, 5.41) is 2.82. The second-order valence-corrected chi connectivity index (χ2v) is 4.78. The molecule has 2 rings (SSSR count). The molecule has 1 amide bonds. The molecule has 1 heterocycles. The Morgan fingerprint density at radius 3 is 2.71 bits per heavy atom. The average molecular weight is 301 g/mol. The molecule has 108 valence electrons. The van der Waals surface area contributed by atoms with Gasteiger partial charge in [0.25, 0.3) is 5.91 Å². The van der Waals surface area contributed by atoms with Crippen LogP contribution in [0.2, 0.25) is 0 Å². The number of nitrogens with one attached hydrogen (secondary N) is 1. The molecule has 6 heteroatoms. The van der Waals surface area contributed by atoms with E-state index < -0.39 is 0 Å². The molecule has 0 radical (unpaired) electrons. The molecule has 0 spiro atoms. The number of ether oxygens (including phenoxy) is 1. The first-order valence-corrected chi connectivity index (χ1v) is 6.68. The summed E-state index contributed by atoms with van der Waals surface area (Å²) < 4.78 is 4.98. The molecule has 0 saturated carbocycles. The molecule has 1 aromatic carbocycles. The number of thiocarbonyl (C=S) groups is 1. The molecule has 0 atom stereocenters. The van der Waals surface area contributed by atoms with Crippen molar-refractivity contribution in [2.45, 2.75) is 6.54 Å². The summed E-state index contributed by atoms with van der Waals surface area (Å²) in [7, 11) is 1.55. The van der Waals surface area contributed by atoms with Crippen LogP contribution in [0.4, 0.5) is 0 Å². The second kappa shape index (κ2) is 6.81. The van der Waals surface area contributed by atoms with Crippen LogP contribution in [0, 0.1) is 0 Å². The number of carbonyl (C=O) groups is 1. The molecule has 2 aromatic rings. The summed E-state index contributed by atoms with van der Waals surface area (Å²) in [6.45, 7) is 0.382. The largest absolute Gasteiger partial charge is 0.481 e. The zero-order chi connectivity index (χ0) is 15.2. The number of hydrogen-bond acceptors (Lipinski definition) is 4. The summed E-state index contributed by atoms with van der Waals surface area (Å²) in [6.07, 6.45) is 1.66. The first kappa shape index (κ1) is 14.9. The highest BCUT2D eigenvalue weighted by atomic mass is 32.1. The quantitative estimate of drug-likeness (QED) is 0.821. The Bertz CT molecular complexity index is 656. The number of pyridine rings is 1. The third-order valence-electron chi connectivity index (χ3n) is 2.87. The van der Waals surface area contributed by atoms with Crippen molar-refractivity contribution in [3.8, 4) is 5.88 Å². The maximum atomic E-state index is 12.1. The van der Waals surface area contributed by atoms with Crippen molar-refractivity contribution in [2.24, 2.45) is 5.73 Å². The van der Waals surface area contributed by atoms with Crippen molar-refractivity contribution < 1.29 is 9.53 Å². The summed E-state index contributed by atoms with van der Waals surface area (Å²) in [6, 6.07) is 10.5. The van der Waals surface area contributed by atoms with Gasteiger partial charge in [0.05, 0.1) is 7.11 Å². The molecule has 0 fully saturated rings. The fourth-order valence-corrected chi connectivity index (χ4v) is 1.86. The van der Waals surface area contributed by atoms with Crippen molar-refractivity contribution >= 4 is 23.1 Å². The highest BCUT2D eigenvalue weighted by Gasteiger charge is 2.07. The van der Waals surface area contributed by atoms with Gasteiger partial charge in [-0.25, -0.2) is 4.98 Å². The van der Waals surface area contributed by atoms with Gasteiger partial charge in [0.2, 0.25) is 5.88 Å². The lowest BCUT2D eigenvalue weighted by molar-refractivity contribution is 0.0951. The smallest absolute Gasteiger partial charge is 0.251 e. The number of nitrogens with zero attached hydrogens (tertiary/aromatic N) is 1. The van der Waals surface area contributed by atoms with Crippen LogP contribution in [0.15, 0.2) is 42.6 Å². The van der Waals surface area contributed by atoms with Crippen molar-refractivity contribution in [1.29, 1.82) is 0 Å². The van der Waals surface area contributed by atoms with E-state index in [9.17, 15) is 4.79 Å². The fraction of sp³-hybridized carbons (Fsp3) is 0.133. The summed E-state index contributed by atoms with van der Waals surface area (Å²) in [5.74, 6) is 0.346. The number of amides is 1. The molecular weight excluding hydrogens is 286 g/mol. The molecule has 0 saturated heterocycles. The Labute approximate surface area is 128 Å². The third-order valence-corrected chi connectivity index (χ3v) is 3.10. The highest BCUT2D eigenvalue weighted by molar-refractivity contribution is 7.80. The topological polar surface area (TPSA) is 77.2 Å². The number of aromatic nitrogens is 1. The molecule has 0 aliphatic heterocycles. The number of nitrogens with two attached hydrogens (primary N) is 1. The van der Waals surface area contributed by atoms with E-state index >= 15 is 0 Å². The van der Waals surface area contributed by atoms with E-state index in [1.54, 1.807) is 43.6 Å². The SMILES string of the molecule is COc1ccc(CNC(=O)c2cccc(C(N)=S)c2)cn1. The van der Waals surface area contributed by atoms with E-state index in [2.05, 4.69) is 10.3 Å². The molecular formula is C15H15N3O2S. The Kier molecular flexibility index (Phi) is 4.84. The maximum absolute atomic E-state index is 12.1. The average Bonchev–Trinajstić information content (AvgIpc) is 2.53. The maximum Gasteiger partial charge on any atom is 0.251 e. The van der Waals surface area contributed by atoms with Gasteiger partial charge in [-0.3, -0.25) is 4.79 Å². The van der Waals surface area contributed by atoms with Crippen LogP contribution in [0.5, 0.6) is 5.88 Å². The summed E-state index contributed by atoms with van der Waals surface area (Å²) >= 11 is 4.90. The Morgan fingerprint density at radius 1 is 1.33 bits per heavy atom. The predicted molar refractivity (Wildman–Crippen MR) is 84.3 cm³/mol. The zero-order valence-electron chi connectivity index (χ0n) is 11.5. The van der Waals surface area contributed by atoms with Gasteiger partial charge in [0.1, 0.15) is 4.99 Å². The van der Waals surface area contributed by atoms with E-state index in [0.29, 0.717) is 23.6 Å². The molecule has 0 aliphatic rings. The molecule has 3 N–H and O–H groups in total. The van der Waals surface area contributed by atoms with Crippen LogP contribution in [0.25, 0.3) is 0 Å². The normalized spacial score (nSPS) is 9.95. The van der Waals surface area contributed by atoms with Crippen LogP contribution in [0.3, 0.4) is 0 Å². The van der Waals surface area contributed by atoms with Gasteiger partial charge < -0.3 is 15.8 Å². The van der Waals surface area contributed by atoms with E-state index in [0.717, 1.165) is 5.56 Å². The van der Waals surface area contributed by atoms with E-state index in [1.807, 2.05) is 6.07 Å². The van der Waals surface area contributed by atoms with Gasteiger partial charge in [0.15, 0.2) is 0 Å². The molecule has 1 aromatic heterocycles. The van der Waals surface area contributed by atoms with Gasteiger partial charge in [-0.05, 0) is 17.7 Å². The second-order valence-electron chi connectivity index (χ2n) is 4.34. The predicted octanol–water partition coefficient (Wildman–Crippen LogP) is 1.65. The third kappa shape index (κ3) is 4.00. The number of hydrogen-bond donors (Lipinski definition) is 2. The Hall–Kier alpha value is -2.47. The minimum atomic E-state index is -0.191. The van der Waals surface area contributed by atoms with Crippen LogP contribution >= 0.6 is 12.2 Å². The van der Waals surface area contributed by atoms with Gasteiger partial charge in [-0.1, -0.05) is 30.4 Å². The van der Waals surface area contributed by atoms with Crippen LogP contribution in [-0.4, -0.2) is 23.0 Å². The van der Waals surface area contributed by atoms with Crippen molar-refractivity contribution in [2.75, 3.05) is 7.11 Å². The summed E-state index contributed by atoms with van der Waals surface area (Å²) in [4.78, 5) is 16.4. The fourth-order valence-electron chi connectivity index (χ4n) is 1.73. The number of rotatable bonds is 5. The monoisotopic (exact) mass is 301 g/mol.